The van der Waals surface area contributed by atoms with Crippen molar-refractivity contribution in [1.29, 1.82) is 0 Å². The van der Waals surface area contributed by atoms with Gasteiger partial charge in [-0.15, -0.1) is 0 Å². The van der Waals surface area contributed by atoms with Crippen molar-refractivity contribution in [2.24, 2.45) is 0 Å². The van der Waals surface area contributed by atoms with Gasteiger partial charge in [0.1, 0.15) is 5.75 Å². The molecule has 0 radical (unpaired) electrons. The number of ether oxygens (including phenoxy) is 1. The lowest BCUT2D eigenvalue weighted by atomic mass is 10.1. The number of amides is 1. The van der Waals surface area contributed by atoms with Gasteiger partial charge in [0, 0.05) is 11.3 Å². The molecule has 0 saturated heterocycles. The maximum Gasteiger partial charge on any atom is 0.335 e. The second kappa shape index (κ2) is 7.79. The quantitative estimate of drug-likeness (QED) is 0.779. The standard InChI is InChI=1S/C20H20ClNO4/c1-12-10-14(11-17(21)18(12)26-16-4-2-3-5-16)19(23)22-15-8-6-13(7-9-15)20(24)25/h6-11,16H,2-5H2,1H3,(H,22,23)(H,24,25). The topological polar surface area (TPSA) is 75.6 Å². The van der Waals surface area contributed by atoms with E-state index < -0.39 is 5.97 Å². The number of aryl methyl sites for hydroxylation is 1. The summed E-state index contributed by atoms with van der Waals surface area (Å²) in [7, 11) is 0. The third-order valence-corrected chi connectivity index (χ3v) is 4.75. The Kier molecular flexibility index (Phi) is 5.47. The Morgan fingerprint density at radius 2 is 1.77 bits per heavy atom. The van der Waals surface area contributed by atoms with Crippen molar-refractivity contribution in [3.63, 3.8) is 0 Å². The van der Waals surface area contributed by atoms with E-state index in [0.29, 0.717) is 22.0 Å². The van der Waals surface area contributed by atoms with Crippen LogP contribution in [0.25, 0.3) is 0 Å². The molecule has 0 aromatic heterocycles. The van der Waals surface area contributed by atoms with Crippen LogP contribution in [0.1, 0.15) is 52.0 Å². The number of benzene rings is 2. The first kappa shape index (κ1) is 18.3. The second-order valence-electron chi connectivity index (χ2n) is 6.47. The predicted molar refractivity (Wildman–Crippen MR) is 100 cm³/mol. The van der Waals surface area contributed by atoms with E-state index >= 15 is 0 Å². The van der Waals surface area contributed by atoms with Crippen molar-refractivity contribution in [3.8, 4) is 5.75 Å². The molecule has 1 fully saturated rings. The van der Waals surface area contributed by atoms with Crippen LogP contribution in [0.4, 0.5) is 5.69 Å². The van der Waals surface area contributed by atoms with E-state index in [9.17, 15) is 9.59 Å². The minimum Gasteiger partial charge on any atom is -0.489 e. The van der Waals surface area contributed by atoms with Crippen LogP contribution in [0.15, 0.2) is 36.4 Å². The lowest BCUT2D eigenvalue weighted by Gasteiger charge is -2.17. The molecule has 1 amide bonds. The molecule has 0 heterocycles. The molecule has 26 heavy (non-hydrogen) atoms. The number of hydrogen-bond acceptors (Lipinski definition) is 3. The van der Waals surface area contributed by atoms with Crippen LogP contribution in [0.5, 0.6) is 5.75 Å². The molecule has 0 unspecified atom stereocenters. The van der Waals surface area contributed by atoms with Crippen molar-refractivity contribution < 1.29 is 19.4 Å². The van der Waals surface area contributed by atoms with E-state index in [-0.39, 0.29) is 17.6 Å². The number of halogens is 1. The van der Waals surface area contributed by atoms with Gasteiger partial charge < -0.3 is 15.2 Å². The molecule has 2 aromatic rings. The summed E-state index contributed by atoms with van der Waals surface area (Å²) in [6.45, 7) is 1.87. The largest absolute Gasteiger partial charge is 0.489 e. The molecule has 1 aliphatic rings. The summed E-state index contributed by atoms with van der Waals surface area (Å²) in [5.74, 6) is -0.686. The van der Waals surface area contributed by atoms with Crippen molar-refractivity contribution in [2.75, 3.05) is 5.32 Å². The van der Waals surface area contributed by atoms with Gasteiger partial charge in [0.25, 0.3) is 5.91 Å². The number of carboxylic acid groups (broad SMARTS) is 1. The van der Waals surface area contributed by atoms with Gasteiger partial charge in [-0.1, -0.05) is 11.6 Å². The van der Waals surface area contributed by atoms with Crippen molar-refractivity contribution >= 4 is 29.2 Å². The molecule has 1 saturated carbocycles. The summed E-state index contributed by atoms with van der Waals surface area (Å²) in [6, 6.07) is 9.32. The minimum atomic E-state index is -1.01. The fourth-order valence-corrected chi connectivity index (χ4v) is 3.39. The Balaban J connectivity index is 1.73. The lowest BCUT2D eigenvalue weighted by molar-refractivity contribution is 0.0696. The van der Waals surface area contributed by atoms with Gasteiger partial charge in [0.15, 0.2) is 0 Å². The van der Waals surface area contributed by atoms with Gasteiger partial charge in [0.2, 0.25) is 0 Å². The third kappa shape index (κ3) is 4.17. The van der Waals surface area contributed by atoms with Crippen LogP contribution < -0.4 is 10.1 Å². The number of anilines is 1. The summed E-state index contributed by atoms with van der Waals surface area (Å²) in [6.07, 6.45) is 4.60. The molecule has 3 rings (SSSR count). The van der Waals surface area contributed by atoms with Crippen molar-refractivity contribution in [3.05, 3.63) is 58.1 Å². The van der Waals surface area contributed by atoms with E-state index in [2.05, 4.69) is 5.32 Å². The minimum absolute atomic E-state index is 0.162. The van der Waals surface area contributed by atoms with Crippen LogP contribution >= 0.6 is 11.6 Å². The SMILES string of the molecule is Cc1cc(C(=O)Nc2ccc(C(=O)O)cc2)cc(Cl)c1OC1CCCC1. The number of carbonyl (C=O) groups excluding carboxylic acids is 1. The maximum absolute atomic E-state index is 12.5. The van der Waals surface area contributed by atoms with Crippen molar-refractivity contribution in [1.82, 2.24) is 0 Å². The zero-order valence-corrected chi connectivity index (χ0v) is 15.2. The Hall–Kier alpha value is -2.53. The van der Waals surface area contributed by atoms with Gasteiger partial charge in [-0.3, -0.25) is 4.79 Å². The average Bonchev–Trinajstić information content (AvgIpc) is 3.11. The maximum atomic E-state index is 12.5. The van der Waals surface area contributed by atoms with Gasteiger partial charge in [-0.2, -0.15) is 0 Å². The molecular weight excluding hydrogens is 354 g/mol. The Bertz CT molecular complexity index is 803. The van der Waals surface area contributed by atoms with E-state index in [1.807, 2.05) is 6.92 Å². The normalized spacial score (nSPS) is 14.2. The number of carbonyl (C=O) groups is 2. The number of nitrogens with one attached hydrogen (secondary N) is 1. The first-order chi connectivity index (χ1) is 12.4. The van der Waals surface area contributed by atoms with E-state index in [1.165, 1.54) is 25.0 Å². The highest BCUT2D eigenvalue weighted by Crippen LogP contribution is 2.34. The zero-order valence-electron chi connectivity index (χ0n) is 14.4. The fraction of sp³-hybridized carbons (Fsp3) is 0.300. The number of carboxylic acids is 1. The molecular formula is C20H20ClNO4. The van der Waals surface area contributed by atoms with E-state index in [0.717, 1.165) is 18.4 Å². The molecule has 2 N–H and O–H groups in total. The summed E-state index contributed by atoms with van der Waals surface area (Å²) in [5, 5.41) is 12.1. The van der Waals surface area contributed by atoms with Gasteiger partial charge in [-0.05, 0) is 74.6 Å². The zero-order chi connectivity index (χ0) is 18.7. The van der Waals surface area contributed by atoms with Crippen LogP contribution in [0, 0.1) is 6.92 Å². The highest BCUT2D eigenvalue weighted by Gasteiger charge is 2.20. The molecule has 5 nitrogen and oxygen atoms in total. The third-order valence-electron chi connectivity index (χ3n) is 4.47. The van der Waals surface area contributed by atoms with Gasteiger partial charge in [0.05, 0.1) is 16.7 Å². The van der Waals surface area contributed by atoms with Gasteiger partial charge >= 0.3 is 5.97 Å². The van der Waals surface area contributed by atoms with Crippen LogP contribution in [0.2, 0.25) is 5.02 Å². The smallest absolute Gasteiger partial charge is 0.335 e. The summed E-state index contributed by atoms with van der Waals surface area (Å²) < 4.78 is 6.01. The first-order valence-corrected chi connectivity index (χ1v) is 8.93. The van der Waals surface area contributed by atoms with Crippen LogP contribution in [-0.2, 0) is 0 Å². The Morgan fingerprint density at radius 1 is 1.12 bits per heavy atom. The van der Waals surface area contributed by atoms with E-state index in [4.69, 9.17) is 21.4 Å². The molecule has 0 atom stereocenters. The Labute approximate surface area is 156 Å². The molecule has 0 spiro atoms. The molecule has 1 aliphatic carbocycles. The Morgan fingerprint density at radius 3 is 2.35 bits per heavy atom. The highest BCUT2D eigenvalue weighted by molar-refractivity contribution is 6.32. The average molecular weight is 374 g/mol. The summed E-state index contributed by atoms with van der Waals surface area (Å²) in [5.41, 5.74) is 1.92. The lowest BCUT2D eigenvalue weighted by Crippen LogP contribution is -2.15. The second-order valence-corrected chi connectivity index (χ2v) is 6.87. The molecule has 2 aromatic carbocycles. The first-order valence-electron chi connectivity index (χ1n) is 8.55. The monoisotopic (exact) mass is 373 g/mol. The summed E-state index contributed by atoms with van der Waals surface area (Å²) in [4.78, 5) is 23.3. The predicted octanol–water partition coefficient (Wildman–Crippen LogP) is 4.92. The molecule has 136 valence electrons. The highest BCUT2D eigenvalue weighted by atomic mass is 35.5. The number of hydrogen-bond donors (Lipinski definition) is 2. The molecule has 0 aliphatic heterocycles. The van der Waals surface area contributed by atoms with Crippen LogP contribution in [-0.4, -0.2) is 23.1 Å². The fourth-order valence-electron chi connectivity index (χ4n) is 3.08. The van der Waals surface area contributed by atoms with Crippen LogP contribution in [0.3, 0.4) is 0 Å². The number of aromatic carboxylic acids is 1. The number of rotatable bonds is 5. The molecule has 6 heteroatoms. The summed E-state index contributed by atoms with van der Waals surface area (Å²) >= 11 is 6.35. The molecule has 0 bridgehead atoms. The van der Waals surface area contributed by atoms with E-state index in [1.54, 1.807) is 24.3 Å². The van der Waals surface area contributed by atoms with Crippen molar-refractivity contribution in [2.45, 2.75) is 38.7 Å². The van der Waals surface area contributed by atoms with Gasteiger partial charge in [-0.25, -0.2) is 4.79 Å².